The highest BCUT2D eigenvalue weighted by atomic mass is 16.5. The number of carbonyl (C=O) groups is 2. The Hall–Kier alpha value is -3.02. The molecule has 2 aliphatic rings. The van der Waals surface area contributed by atoms with Crippen LogP contribution in [0.2, 0.25) is 0 Å². The van der Waals surface area contributed by atoms with E-state index in [4.69, 9.17) is 9.47 Å². The predicted octanol–water partition coefficient (Wildman–Crippen LogP) is 3.40. The van der Waals surface area contributed by atoms with Gasteiger partial charge in [0.15, 0.2) is 0 Å². The Morgan fingerprint density at radius 2 is 2.03 bits per heavy atom. The fourth-order valence-corrected chi connectivity index (χ4v) is 3.95. The summed E-state index contributed by atoms with van der Waals surface area (Å²) in [5.74, 6) is 0.881. The van der Waals surface area contributed by atoms with E-state index in [9.17, 15) is 9.59 Å². The van der Waals surface area contributed by atoms with Crippen molar-refractivity contribution < 1.29 is 19.1 Å². The number of nitrogens with one attached hydrogen (secondary N) is 1. The van der Waals surface area contributed by atoms with Crippen molar-refractivity contribution >= 4 is 17.5 Å². The summed E-state index contributed by atoms with van der Waals surface area (Å²) in [5, 5.41) is 2.96. The second kappa shape index (κ2) is 8.15. The molecular formula is C23H26N2O4. The minimum absolute atomic E-state index is 0.00476. The first-order chi connectivity index (χ1) is 14.0. The molecule has 2 amide bonds. The Balaban J connectivity index is 1.45. The van der Waals surface area contributed by atoms with Gasteiger partial charge in [-0.05, 0) is 25.5 Å². The average molecular weight is 394 g/mol. The quantitative estimate of drug-likeness (QED) is 0.815. The van der Waals surface area contributed by atoms with Gasteiger partial charge in [0.2, 0.25) is 11.8 Å². The first kappa shape index (κ1) is 19.3. The summed E-state index contributed by atoms with van der Waals surface area (Å²) >= 11 is 0. The third-order valence-corrected chi connectivity index (χ3v) is 5.36. The molecule has 1 fully saturated rings. The molecule has 4 rings (SSSR count). The SMILES string of the molecule is CCOc1cc2c(cc1NC(=O)C1CC(=O)N(Cc3ccccc3)C1)OC(C)C2. The molecule has 0 radical (unpaired) electrons. The molecule has 0 saturated carbocycles. The summed E-state index contributed by atoms with van der Waals surface area (Å²) in [5.41, 5.74) is 2.74. The van der Waals surface area contributed by atoms with Gasteiger partial charge in [-0.3, -0.25) is 9.59 Å². The van der Waals surface area contributed by atoms with Crippen LogP contribution >= 0.6 is 0 Å². The minimum Gasteiger partial charge on any atom is -0.492 e. The molecule has 29 heavy (non-hydrogen) atoms. The van der Waals surface area contributed by atoms with Crippen molar-refractivity contribution in [3.05, 3.63) is 53.6 Å². The number of nitrogens with zero attached hydrogens (tertiary/aromatic N) is 1. The minimum atomic E-state index is -0.381. The number of rotatable bonds is 6. The highest BCUT2D eigenvalue weighted by Gasteiger charge is 2.35. The maximum Gasteiger partial charge on any atom is 0.229 e. The van der Waals surface area contributed by atoms with E-state index in [1.165, 1.54) is 0 Å². The normalized spacial score (nSPS) is 20.3. The maximum absolute atomic E-state index is 12.9. The molecule has 0 spiro atoms. The zero-order chi connectivity index (χ0) is 20.4. The fourth-order valence-electron chi connectivity index (χ4n) is 3.95. The van der Waals surface area contributed by atoms with Crippen molar-refractivity contribution in [2.75, 3.05) is 18.5 Å². The summed E-state index contributed by atoms with van der Waals surface area (Å²) in [6.07, 6.45) is 1.17. The van der Waals surface area contributed by atoms with Gasteiger partial charge in [-0.1, -0.05) is 30.3 Å². The van der Waals surface area contributed by atoms with E-state index < -0.39 is 0 Å². The summed E-state index contributed by atoms with van der Waals surface area (Å²) < 4.78 is 11.6. The number of benzene rings is 2. The standard InChI is InChI=1S/C23H26N2O4/c1-3-28-21-10-17-9-15(2)29-20(17)12-19(21)24-23(27)18-11-22(26)25(14-18)13-16-7-5-4-6-8-16/h4-8,10,12,15,18H,3,9,11,13-14H2,1-2H3,(H,24,27). The maximum atomic E-state index is 12.9. The predicted molar refractivity (Wildman–Crippen MR) is 110 cm³/mol. The van der Waals surface area contributed by atoms with Crippen molar-refractivity contribution in [1.82, 2.24) is 4.90 Å². The number of anilines is 1. The first-order valence-electron chi connectivity index (χ1n) is 10.1. The van der Waals surface area contributed by atoms with Crippen molar-refractivity contribution in [3.63, 3.8) is 0 Å². The molecule has 6 nitrogen and oxygen atoms in total. The summed E-state index contributed by atoms with van der Waals surface area (Å²) in [6, 6.07) is 13.6. The summed E-state index contributed by atoms with van der Waals surface area (Å²) in [7, 11) is 0. The number of fused-ring (bicyclic) bond motifs is 1. The van der Waals surface area contributed by atoms with Crippen molar-refractivity contribution in [2.45, 2.75) is 39.3 Å². The van der Waals surface area contributed by atoms with E-state index in [1.807, 2.05) is 56.3 Å². The number of hydrogen-bond acceptors (Lipinski definition) is 4. The zero-order valence-electron chi connectivity index (χ0n) is 16.8. The molecule has 0 aliphatic carbocycles. The van der Waals surface area contributed by atoms with E-state index in [2.05, 4.69) is 5.32 Å². The third-order valence-electron chi connectivity index (χ3n) is 5.36. The van der Waals surface area contributed by atoms with Gasteiger partial charge < -0.3 is 19.7 Å². The van der Waals surface area contributed by atoms with Crippen LogP contribution in [0.3, 0.4) is 0 Å². The van der Waals surface area contributed by atoms with Gasteiger partial charge in [0.05, 0.1) is 18.2 Å². The molecule has 0 bridgehead atoms. The van der Waals surface area contributed by atoms with E-state index in [0.717, 1.165) is 23.3 Å². The Morgan fingerprint density at radius 1 is 1.24 bits per heavy atom. The molecule has 1 N–H and O–H groups in total. The van der Waals surface area contributed by atoms with Crippen LogP contribution in [0, 0.1) is 5.92 Å². The first-order valence-corrected chi connectivity index (χ1v) is 10.1. The molecule has 6 heteroatoms. The summed E-state index contributed by atoms with van der Waals surface area (Å²) in [6.45, 7) is 5.38. The molecular weight excluding hydrogens is 368 g/mol. The topological polar surface area (TPSA) is 67.9 Å². The van der Waals surface area contributed by atoms with E-state index in [0.29, 0.717) is 31.1 Å². The van der Waals surface area contributed by atoms with Gasteiger partial charge in [-0.2, -0.15) is 0 Å². The Kier molecular flexibility index (Phi) is 5.43. The van der Waals surface area contributed by atoms with E-state index in [1.54, 1.807) is 4.90 Å². The molecule has 0 aromatic heterocycles. The van der Waals surface area contributed by atoms with Crippen LogP contribution < -0.4 is 14.8 Å². The van der Waals surface area contributed by atoms with Crippen LogP contribution in [0.5, 0.6) is 11.5 Å². The fraction of sp³-hybridized carbons (Fsp3) is 0.391. The van der Waals surface area contributed by atoms with Crippen LogP contribution in [-0.4, -0.2) is 36.0 Å². The summed E-state index contributed by atoms with van der Waals surface area (Å²) in [4.78, 5) is 27.0. The Morgan fingerprint density at radius 3 is 2.79 bits per heavy atom. The number of likely N-dealkylation sites (tertiary alicyclic amines) is 1. The van der Waals surface area contributed by atoms with Gasteiger partial charge >= 0.3 is 0 Å². The van der Waals surface area contributed by atoms with Crippen molar-refractivity contribution in [3.8, 4) is 11.5 Å². The zero-order valence-corrected chi connectivity index (χ0v) is 16.8. The van der Waals surface area contributed by atoms with Gasteiger partial charge in [0.25, 0.3) is 0 Å². The van der Waals surface area contributed by atoms with Gasteiger partial charge in [-0.15, -0.1) is 0 Å². The molecule has 2 aromatic carbocycles. The van der Waals surface area contributed by atoms with Gasteiger partial charge in [0, 0.05) is 37.6 Å². The lowest BCUT2D eigenvalue weighted by molar-refractivity contribution is -0.128. The number of hydrogen-bond donors (Lipinski definition) is 1. The number of ether oxygens (including phenoxy) is 2. The number of carbonyl (C=O) groups excluding carboxylic acids is 2. The monoisotopic (exact) mass is 394 g/mol. The second-order valence-corrected chi connectivity index (χ2v) is 7.67. The lowest BCUT2D eigenvalue weighted by Gasteiger charge is -2.17. The molecule has 2 aliphatic heterocycles. The third kappa shape index (κ3) is 4.21. The highest BCUT2D eigenvalue weighted by molar-refractivity contribution is 5.98. The molecule has 152 valence electrons. The average Bonchev–Trinajstić information content (AvgIpc) is 3.24. The smallest absolute Gasteiger partial charge is 0.229 e. The molecule has 1 saturated heterocycles. The Labute approximate surface area is 170 Å². The van der Waals surface area contributed by atoms with Crippen molar-refractivity contribution in [2.24, 2.45) is 5.92 Å². The number of amides is 2. The lowest BCUT2D eigenvalue weighted by Crippen LogP contribution is -2.28. The molecule has 2 aromatic rings. The Bertz CT molecular complexity index is 913. The van der Waals surface area contributed by atoms with Crippen LogP contribution in [0.25, 0.3) is 0 Å². The van der Waals surface area contributed by atoms with Crippen LogP contribution in [-0.2, 0) is 22.6 Å². The van der Waals surface area contributed by atoms with E-state index >= 15 is 0 Å². The molecule has 2 heterocycles. The highest BCUT2D eigenvalue weighted by Crippen LogP contribution is 2.38. The van der Waals surface area contributed by atoms with Gasteiger partial charge in [0.1, 0.15) is 17.6 Å². The van der Waals surface area contributed by atoms with Crippen molar-refractivity contribution in [1.29, 1.82) is 0 Å². The van der Waals surface area contributed by atoms with Gasteiger partial charge in [-0.25, -0.2) is 0 Å². The van der Waals surface area contributed by atoms with E-state index in [-0.39, 0.29) is 30.3 Å². The largest absolute Gasteiger partial charge is 0.492 e. The van der Waals surface area contributed by atoms with Crippen LogP contribution in [0.4, 0.5) is 5.69 Å². The second-order valence-electron chi connectivity index (χ2n) is 7.67. The molecule has 2 unspecified atom stereocenters. The van der Waals surface area contributed by atoms with Crippen LogP contribution in [0.1, 0.15) is 31.4 Å². The lowest BCUT2D eigenvalue weighted by atomic mass is 10.1. The molecule has 2 atom stereocenters. The van der Waals surface area contributed by atoms with Crippen LogP contribution in [0.15, 0.2) is 42.5 Å².